The van der Waals surface area contributed by atoms with Crippen LogP contribution in [0.25, 0.3) is 22.1 Å². The SMILES string of the molecule is O=C(c1cnc2ccccc2n1)N1C2CCC1CN(c1ncnc3[nH]ccc13)C2. The van der Waals surface area contributed by atoms with E-state index in [0.717, 1.165) is 53.8 Å². The van der Waals surface area contributed by atoms with Gasteiger partial charge in [0.15, 0.2) is 0 Å². The Hall–Kier alpha value is -3.55. The summed E-state index contributed by atoms with van der Waals surface area (Å²) in [4.78, 5) is 38.5. The molecule has 0 spiro atoms. The van der Waals surface area contributed by atoms with E-state index in [2.05, 4.69) is 29.8 Å². The number of piperazine rings is 1. The number of benzene rings is 1. The molecule has 1 amide bonds. The lowest BCUT2D eigenvalue weighted by molar-refractivity contribution is 0.0635. The molecule has 1 aromatic carbocycles. The minimum atomic E-state index is -0.0233. The second kappa shape index (κ2) is 6.23. The Bertz CT molecular complexity index is 1220. The molecule has 4 aromatic rings. The van der Waals surface area contributed by atoms with E-state index in [4.69, 9.17) is 0 Å². The van der Waals surface area contributed by atoms with Crippen LogP contribution in [0.5, 0.6) is 0 Å². The van der Waals surface area contributed by atoms with E-state index in [1.54, 1.807) is 12.5 Å². The third kappa shape index (κ3) is 2.55. The van der Waals surface area contributed by atoms with Crippen molar-refractivity contribution in [2.24, 2.45) is 0 Å². The molecule has 2 fully saturated rings. The lowest BCUT2D eigenvalue weighted by Gasteiger charge is -2.41. The minimum Gasteiger partial charge on any atom is -0.352 e. The topological polar surface area (TPSA) is 90.9 Å². The minimum absolute atomic E-state index is 0.0233. The molecule has 2 atom stereocenters. The van der Waals surface area contributed by atoms with E-state index in [9.17, 15) is 4.79 Å². The van der Waals surface area contributed by atoms with Gasteiger partial charge in [0.25, 0.3) is 5.91 Å². The van der Waals surface area contributed by atoms with Crippen molar-refractivity contribution in [2.75, 3.05) is 18.0 Å². The summed E-state index contributed by atoms with van der Waals surface area (Å²) in [6.45, 7) is 1.53. The third-order valence-corrected chi connectivity index (χ3v) is 6.02. The Balaban J connectivity index is 1.30. The number of rotatable bonds is 2. The number of nitrogens with zero attached hydrogens (tertiary/aromatic N) is 6. The van der Waals surface area contributed by atoms with Gasteiger partial charge in [0.05, 0.1) is 34.7 Å². The van der Waals surface area contributed by atoms with Crippen LogP contribution in [0, 0.1) is 0 Å². The van der Waals surface area contributed by atoms with Crippen LogP contribution in [0.1, 0.15) is 23.3 Å². The Labute approximate surface area is 166 Å². The molecule has 0 radical (unpaired) electrons. The van der Waals surface area contributed by atoms with Crippen LogP contribution >= 0.6 is 0 Å². The number of H-pyrrole nitrogens is 1. The van der Waals surface area contributed by atoms with Crippen LogP contribution in [-0.4, -0.2) is 60.9 Å². The number of fused-ring (bicyclic) bond motifs is 4. The number of carbonyl (C=O) groups is 1. The van der Waals surface area contributed by atoms with Gasteiger partial charge in [-0.05, 0) is 31.0 Å². The number of para-hydroxylation sites is 2. The van der Waals surface area contributed by atoms with E-state index in [-0.39, 0.29) is 18.0 Å². The summed E-state index contributed by atoms with van der Waals surface area (Å²) >= 11 is 0. The summed E-state index contributed by atoms with van der Waals surface area (Å²) in [7, 11) is 0. The first-order chi connectivity index (χ1) is 14.3. The fourth-order valence-corrected chi connectivity index (χ4v) is 4.71. The first kappa shape index (κ1) is 16.4. The number of anilines is 1. The highest BCUT2D eigenvalue weighted by molar-refractivity contribution is 5.95. The predicted octanol–water partition coefficient (Wildman–Crippen LogP) is 2.39. The van der Waals surface area contributed by atoms with Crippen LogP contribution in [0.2, 0.25) is 0 Å². The Morgan fingerprint density at radius 2 is 1.79 bits per heavy atom. The summed E-state index contributed by atoms with van der Waals surface area (Å²) < 4.78 is 0. The lowest BCUT2D eigenvalue weighted by Crippen LogP contribution is -2.56. The maximum atomic E-state index is 13.3. The highest BCUT2D eigenvalue weighted by atomic mass is 16.2. The zero-order valence-corrected chi connectivity index (χ0v) is 15.7. The van der Waals surface area contributed by atoms with Crippen LogP contribution in [0.15, 0.2) is 49.1 Å². The Morgan fingerprint density at radius 1 is 1.00 bits per heavy atom. The number of amides is 1. The van der Waals surface area contributed by atoms with Gasteiger partial charge in [0.2, 0.25) is 0 Å². The molecule has 2 bridgehead atoms. The number of nitrogens with one attached hydrogen (secondary N) is 1. The van der Waals surface area contributed by atoms with Crippen LogP contribution < -0.4 is 4.90 Å². The monoisotopic (exact) mass is 385 g/mol. The Kier molecular flexibility index (Phi) is 3.53. The highest BCUT2D eigenvalue weighted by Gasteiger charge is 2.43. The summed E-state index contributed by atoms with van der Waals surface area (Å²) in [6.07, 6.45) is 7.07. The van der Waals surface area contributed by atoms with Gasteiger partial charge >= 0.3 is 0 Å². The van der Waals surface area contributed by atoms with Crippen LogP contribution in [-0.2, 0) is 0 Å². The quantitative estimate of drug-likeness (QED) is 0.570. The van der Waals surface area contributed by atoms with E-state index >= 15 is 0 Å². The van der Waals surface area contributed by atoms with Gasteiger partial charge in [0, 0.05) is 19.3 Å². The lowest BCUT2D eigenvalue weighted by atomic mass is 10.1. The maximum absolute atomic E-state index is 13.3. The molecule has 2 aliphatic rings. The smallest absolute Gasteiger partial charge is 0.274 e. The zero-order valence-electron chi connectivity index (χ0n) is 15.7. The molecule has 8 heteroatoms. The van der Waals surface area contributed by atoms with Gasteiger partial charge in [0.1, 0.15) is 23.5 Å². The predicted molar refractivity (Wildman–Crippen MR) is 109 cm³/mol. The van der Waals surface area contributed by atoms with Crippen molar-refractivity contribution in [3.63, 3.8) is 0 Å². The van der Waals surface area contributed by atoms with Gasteiger partial charge in [-0.2, -0.15) is 0 Å². The fourth-order valence-electron chi connectivity index (χ4n) is 4.71. The first-order valence-corrected chi connectivity index (χ1v) is 9.85. The highest BCUT2D eigenvalue weighted by Crippen LogP contribution is 2.34. The second-order valence-corrected chi connectivity index (χ2v) is 7.68. The second-order valence-electron chi connectivity index (χ2n) is 7.68. The molecular weight excluding hydrogens is 366 g/mol. The molecular formula is C21H19N7O. The van der Waals surface area contributed by atoms with Crippen molar-refractivity contribution in [1.29, 1.82) is 0 Å². The summed E-state index contributed by atoms with van der Waals surface area (Å²) in [6, 6.07) is 9.95. The molecule has 3 aromatic heterocycles. The van der Waals surface area contributed by atoms with Crippen molar-refractivity contribution in [2.45, 2.75) is 24.9 Å². The van der Waals surface area contributed by atoms with Gasteiger partial charge in [-0.3, -0.25) is 9.78 Å². The summed E-state index contributed by atoms with van der Waals surface area (Å²) in [5, 5.41) is 1.02. The average molecular weight is 385 g/mol. The molecule has 5 heterocycles. The van der Waals surface area contributed by atoms with E-state index in [0.29, 0.717) is 5.69 Å². The normalized spacial score (nSPS) is 21.2. The van der Waals surface area contributed by atoms with Crippen molar-refractivity contribution < 1.29 is 4.79 Å². The van der Waals surface area contributed by atoms with Gasteiger partial charge < -0.3 is 14.8 Å². The molecule has 29 heavy (non-hydrogen) atoms. The molecule has 2 saturated heterocycles. The van der Waals surface area contributed by atoms with Crippen molar-refractivity contribution >= 4 is 33.8 Å². The third-order valence-electron chi connectivity index (χ3n) is 6.02. The molecule has 8 nitrogen and oxygen atoms in total. The Morgan fingerprint density at radius 3 is 2.62 bits per heavy atom. The number of carbonyl (C=O) groups excluding carboxylic acids is 1. The van der Waals surface area contributed by atoms with Crippen LogP contribution in [0.4, 0.5) is 5.82 Å². The van der Waals surface area contributed by atoms with E-state index in [1.807, 2.05) is 41.4 Å². The first-order valence-electron chi connectivity index (χ1n) is 9.85. The summed E-state index contributed by atoms with van der Waals surface area (Å²) in [5.74, 6) is 0.913. The van der Waals surface area contributed by atoms with E-state index in [1.165, 1.54) is 0 Å². The molecule has 2 aliphatic heterocycles. The number of aromatic nitrogens is 5. The molecule has 2 unspecified atom stereocenters. The standard InChI is InChI=1S/C21H19N7O/c29-21(18-9-23-16-3-1-2-4-17(16)26-18)28-13-5-6-14(28)11-27(10-13)20-15-7-8-22-19(15)24-12-25-20/h1-4,7-9,12-14H,5-6,10-11H2,(H,22,24,25). The molecule has 0 aliphatic carbocycles. The zero-order chi connectivity index (χ0) is 19.4. The summed E-state index contributed by atoms with van der Waals surface area (Å²) in [5.41, 5.74) is 2.81. The van der Waals surface area contributed by atoms with Crippen LogP contribution in [0.3, 0.4) is 0 Å². The maximum Gasteiger partial charge on any atom is 0.274 e. The average Bonchev–Trinajstić information content (AvgIpc) is 3.34. The fraction of sp³-hybridized carbons (Fsp3) is 0.286. The van der Waals surface area contributed by atoms with E-state index < -0.39 is 0 Å². The number of hydrogen-bond acceptors (Lipinski definition) is 6. The molecule has 6 rings (SSSR count). The largest absolute Gasteiger partial charge is 0.352 e. The number of aromatic amines is 1. The van der Waals surface area contributed by atoms with Gasteiger partial charge in [-0.1, -0.05) is 12.1 Å². The molecule has 144 valence electrons. The van der Waals surface area contributed by atoms with Gasteiger partial charge in [-0.15, -0.1) is 0 Å². The molecule has 0 saturated carbocycles. The number of hydrogen-bond donors (Lipinski definition) is 1. The molecule has 1 N–H and O–H groups in total. The van der Waals surface area contributed by atoms with Crippen molar-refractivity contribution in [1.82, 2.24) is 29.8 Å². The van der Waals surface area contributed by atoms with Crippen molar-refractivity contribution in [3.05, 3.63) is 54.7 Å². The van der Waals surface area contributed by atoms with Crippen molar-refractivity contribution in [3.8, 4) is 0 Å². The van der Waals surface area contributed by atoms with Gasteiger partial charge in [-0.25, -0.2) is 15.0 Å².